The van der Waals surface area contributed by atoms with Crippen molar-refractivity contribution in [3.05, 3.63) is 47.2 Å². The molecule has 3 aromatic rings. The number of pyridine rings is 1. The number of carbonyl (C=O) groups is 2. The van der Waals surface area contributed by atoms with Crippen molar-refractivity contribution in [3.8, 4) is 10.4 Å². The fourth-order valence-electron chi connectivity index (χ4n) is 5.82. The number of carbonyl (C=O) groups excluding carboxylic acids is 2. The number of aryl methyl sites for hydroxylation is 1. The molecule has 4 heterocycles. The van der Waals surface area contributed by atoms with Gasteiger partial charge >= 0.3 is 0 Å². The van der Waals surface area contributed by atoms with Crippen molar-refractivity contribution in [2.24, 2.45) is 5.92 Å². The van der Waals surface area contributed by atoms with E-state index in [0.29, 0.717) is 65.7 Å². The summed E-state index contributed by atoms with van der Waals surface area (Å²) in [5.74, 6) is 1.19. The van der Waals surface area contributed by atoms with Gasteiger partial charge in [0, 0.05) is 32.2 Å². The van der Waals surface area contributed by atoms with Gasteiger partial charge in [0.2, 0.25) is 15.9 Å². The third-order valence-electron chi connectivity index (χ3n) is 8.37. The molecular formula is C29H35N7O5S2. The summed E-state index contributed by atoms with van der Waals surface area (Å²) in [6.45, 7) is 6.09. The third-order valence-corrected chi connectivity index (χ3v) is 10.9. The van der Waals surface area contributed by atoms with E-state index < -0.39 is 10.0 Å². The van der Waals surface area contributed by atoms with Gasteiger partial charge in [0.05, 0.1) is 34.2 Å². The molecule has 3 N–H and O–H groups in total. The van der Waals surface area contributed by atoms with Gasteiger partial charge in [-0.25, -0.2) is 23.1 Å². The van der Waals surface area contributed by atoms with Gasteiger partial charge in [-0.15, -0.1) is 0 Å². The van der Waals surface area contributed by atoms with E-state index >= 15 is 0 Å². The molecule has 0 bridgehead atoms. The molecule has 0 unspecified atom stereocenters. The number of benzene rings is 1. The zero-order valence-corrected chi connectivity index (χ0v) is 26.0. The number of rotatable bonds is 10. The second kappa shape index (κ2) is 11.6. The Kier molecular flexibility index (Phi) is 7.98. The second-order valence-electron chi connectivity index (χ2n) is 11.2. The standard InChI is InChI=1S/C29H35N7O5S2/c1-17-27(20-13-21-15-36(18(2)19-7-8-19)28(39)26(21)22(14-20)43(40,41)30-3)42-29(31-17)33-23-5-4-6-24(32-23)35-10-9-34(11-12-37)16-25(35)38/h4-6,13-14,18-19,30,37H,7-12,15-16H2,1-3H3,(H,31,32,33)/t18-/m0/s1. The van der Waals surface area contributed by atoms with Crippen LogP contribution >= 0.6 is 11.3 Å². The van der Waals surface area contributed by atoms with E-state index in [1.807, 2.05) is 30.9 Å². The molecule has 1 aliphatic carbocycles. The first kappa shape index (κ1) is 29.6. The minimum atomic E-state index is -3.91. The van der Waals surface area contributed by atoms with E-state index in [1.165, 1.54) is 18.4 Å². The Morgan fingerprint density at radius 3 is 2.63 bits per heavy atom. The van der Waals surface area contributed by atoms with E-state index in [2.05, 4.69) is 20.0 Å². The zero-order valence-electron chi connectivity index (χ0n) is 24.3. The molecule has 6 rings (SSSR count). The Balaban J connectivity index is 1.28. The van der Waals surface area contributed by atoms with Gasteiger partial charge in [0.15, 0.2) is 5.13 Å². The molecule has 3 aliphatic rings. The van der Waals surface area contributed by atoms with Crippen molar-refractivity contribution in [1.82, 2.24) is 24.5 Å². The summed E-state index contributed by atoms with van der Waals surface area (Å²) in [5, 5.41) is 13.0. The molecule has 1 aromatic carbocycles. The Labute approximate surface area is 254 Å². The highest BCUT2D eigenvalue weighted by Crippen LogP contribution is 2.42. The fourth-order valence-corrected chi connectivity index (χ4v) is 7.77. The van der Waals surface area contributed by atoms with Crippen LogP contribution in [-0.2, 0) is 21.4 Å². The number of fused-ring (bicyclic) bond motifs is 1. The van der Waals surface area contributed by atoms with E-state index in [1.54, 1.807) is 28.0 Å². The lowest BCUT2D eigenvalue weighted by Crippen LogP contribution is -2.51. The molecular weight excluding hydrogens is 590 g/mol. The summed E-state index contributed by atoms with van der Waals surface area (Å²) >= 11 is 1.36. The van der Waals surface area contributed by atoms with Crippen LogP contribution in [0.1, 0.15) is 41.4 Å². The predicted octanol–water partition coefficient (Wildman–Crippen LogP) is 2.56. The minimum absolute atomic E-state index is 0.00836. The number of hydrogen-bond donors (Lipinski definition) is 3. The van der Waals surface area contributed by atoms with Gasteiger partial charge in [0.1, 0.15) is 11.6 Å². The van der Waals surface area contributed by atoms with Crippen LogP contribution in [0.25, 0.3) is 10.4 Å². The lowest BCUT2D eigenvalue weighted by molar-refractivity contribution is -0.121. The number of sulfonamides is 1. The summed E-state index contributed by atoms with van der Waals surface area (Å²) < 4.78 is 28.6. The maximum Gasteiger partial charge on any atom is 0.256 e. The van der Waals surface area contributed by atoms with Crippen molar-refractivity contribution >= 4 is 49.9 Å². The maximum atomic E-state index is 13.5. The lowest BCUT2D eigenvalue weighted by Gasteiger charge is -2.33. The molecule has 1 saturated carbocycles. The molecule has 14 heteroatoms. The maximum absolute atomic E-state index is 13.5. The van der Waals surface area contributed by atoms with Crippen LogP contribution in [0.15, 0.2) is 35.2 Å². The summed E-state index contributed by atoms with van der Waals surface area (Å²) in [6, 6.07) is 8.93. The normalized spacial score (nSPS) is 18.3. The monoisotopic (exact) mass is 625 g/mol. The number of piperazine rings is 1. The molecule has 2 aromatic heterocycles. The average Bonchev–Trinajstić information content (AvgIpc) is 3.70. The van der Waals surface area contributed by atoms with Crippen molar-refractivity contribution in [3.63, 3.8) is 0 Å². The summed E-state index contributed by atoms with van der Waals surface area (Å²) in [6.07, 6.45) is 2.17. The highest BCUT2D eigenvalue weighted by atomic mass is 32.2. The van der Waals surface area contributed by atoms with Crippen molar-refractivity contribution in [2.75, 3.05) is 50.1 Å². The minimum Gasteiger partial charge on any atom is -0.395 e. The number of thiazole rings is 1. The summed E-state index contributed by atoms with van der Waals surface area (Å²) in [4.78, 5) is 41.6. The van der Waals surface area contributed by atoms with Gasteiger partial charge in [-0.2, -0.15) is 0 Å². The predicted molar refractivity (Wildman–Crippen MR) is 164 cm³/mol. The number of hydrogen-bond acceptors (Lipinski definition) is 10. The van der Waals surface area contributed by atoms with E-state index in [0.717, 1.165) is 17.7 Å². The van der Waals surface area contributed by atoms with Crippen LogP contribution < -0.4 is 14.9 Å². The smallest absolute Gasteiger partial charge is 0.256 e. The summed E-state index contributed by atoms with van der Waals surface area (Å²) in [7, 11) is -2.56. The first-order valence-electron chi connectivity index (χ1n) is 14.4. The summed E-state index contributed by atoms with van der Waals surface area (Å²) in [5.41, 5.74) is 2.33. The fraction of sp³-hybridized carbons (Fsp3) is 0.448. The SMILES string of the molecule is CNS(=O)(=O)c1cc(-c2sc(Nc3cccc(N4CCN(CCO)CC4=O)n3)nc2C)cc2c1C(=O)N([C@@H](C)C1CC1)C2. The molecule has 228 valence electrons. The largest absolute Gasteiger partial charge is 0.395 e. The van der Waals surface area contributed by atoms with E-state index in [4.69, 9.17) is 0 Å². The van der Waals surface area contributed by atoms with Crippen LogP contribution in [0.5, 0.6) is 0 Å². The van der Waals surface area contributed by atoms with Crippen molar-refractivity contribution < 1.29 is 23.1 Å². The van der Waals surface area contributed by atoms with E-state index in [9.17, 15) is 23.1 Å². The number of aliphatic hydroxyl groups excluding tert-OH is 1. The quantitative estimate of drug-likeness (QED) is 0.309. The molecule has 2 fully saturated rings. The molecule has 43 heavy (non-hydrogen) atoms. The zero-order chi connectivity index (χ0) is 30.5. The molecule has 1 atom stereocenters. The third kappa shape index (κ3) is 5.77. The number of anilines is 3. The van der Waals surface area contributed by atoms with Crippen LogP contribution in [0, 0.1) is 12.8 Å². The van der Waals surface area contributed by atoms with Gasteiger partial charge in [-0.1, -0.05) is 17.4 Å². The molecule has 2 amide bonds. The van der Waals surface area contributed by atoms with Crippen molar-refractivity contribution in [2.45, 2.75) is 44.2 Å². The van der Waals surface area contributed by atoms with Crippen LogP contribution in [-0.4, -0.2) is 91.0 Å². The first-order valence-corrected chi connectivity index (χ1v) is 16.7. The van der Waals surface area contributed by atoms with Gasteiger partial charge in [-0.05, 0) is 75.0 Å². The number of nitrogens with zero attached hydrogens (tertiary/aromatic N) is 5. The second-order valence-corrected chi connectivity index (χ2v) is 14.1. The van der Waals surface area contributed by atoms with Crippen LogP contribution in [0.2, 0.25) is 0 Å². The molecule has 12 nitrogen and oxygen atoms in total. The average molecular weight is 626 g/mol. The van der Waals surface area contributed by atoms with Crippen LogP contribution in [0.3, 0.4) is 0 Å². The van der Waals surface area contributed by atoms with Crippen LogP contribution in [0.4, 0.5) is 16.8 Å². The van der Waals surface area contributed by atoms with Gasteiger partial charge < -0.3 is 15.3 Å². The number of aromatic nitrogens is 2. The number of β-amino-alcohol motifs (C(OH)–C–C–N with tert-alkyl or cyclic N) is 1. The number of amides is 2. The lowest BCUT2D eigenvalue weighted by atomic mass is 10.0. The van der Waals surface area contributed by atoms with Gasteiger partial charge in [-0.3, -0.25) is 19.4 Å². The number of aliphatic hydroxyl groups is 1. The molecule has 0 spiro atoms. The Morgan fingerprint density at radius 1 is 1.14 bits per heavy atom. The Bertz CT molecular complexity index is 1690. The molecule has 0 radical (unpaired) electrons. The first-order chi connectivity index (χ1) is 20.6. The highest BCUT2D eigenvalue weighted by molar-refractivity contribution is 7.89. The molecule has 2 aliphatic heterocycles. The number of nitrogens with one attached hydrogen (secondary N) is 2. The molecule has 1 saturated heterocycles. The highest BCUT2D eigenvalue weighted by Gasteiger charge is 2.41. The topological polar surface area (TPSA) is 148 Å². The Hall–Kier alpha value is -3.43. The van der Waals surface area contributed by atoms with Gasteiger partial charge in [0.25, 0.3) is 5.91 Å². The van der Waals surface area contributed by atoms with Crippen molar-refractivity contribution in [1.29, 1.82) is 0 Å². The Morgan fingerprint density at radius 2 is 1.93 bits per heavy atom. The van der Waals surface area contributed by atoms with E-state index in [-0.39, 0.29) is 41.5 Å².